The third kappa shape index (κ3) is 3.12. The molecule has 0 aliphatic carbocycles. The molecule has 1 unspecified atom stereocenters. The predicted molar refractivity (Wildman–Crippen MR) is 77.8 cm³/mol. The first-order valence-electron chi connectivity index (χ1n) is 6.73. The summed E-state index contributed by atoms with van der Waals surface area (Å²) in [5.41, 5.74) is 0.683. The van der Waals surface area contributed by atoms with Crippen molar-refractivity contribution in [2.75, 3.05) is 13.1 Å². The first-order chi connectivity index (χ1) is 9.09. The van der Waals surface area contributed by atoms with Gasteiger partial charge in [-0.1, -0.05) is 31.5 Å². The van der Waals surface area contributed by atoms with Crippen molar-refractivity contribution in [3.05, 3.63) is 29.8 Å². The molecule has 0 aromatic heterocycles. The van der Waals surface area contributed by atoms with Gasteiger partial charge in [0.1, 0.15) is 0 Å². The highest BCUT2D eigenvalue weighted by molar-refractivity contribution is 7.89. The number of rotatable bonds is 5. The number of halogens is 1. The predicted octanol–water partition coefficient (Wildman–Crippen LogP) is 3.24. The fourth-order valence-electron chi connectivity index (χ4n) is 2.66. The van der Waals surface area contributed by atoms with E-state index in [2.05, 4.69) is 6.92 Å². The quantitative estimate of drug-likeness (QED) is 0.783. The Bertz CT molecular complexity index is 530. The lowest BCUT2D eigenvalue weighted by Gasteiger charge is -2.18. The summed E-state index contributed by atoms with van der Waals surface area (Å²) in [6, 6.07) is 7.00. The largest absolute Gasteiger partial charge is 0.243 e. The minimum absolute atomic E-state index is 0.224. The van der Waals surface area contributed by atoms with E-state index in [0.717, 1.165) is 19.3 Å². The fraction of sp³-hybridized carbons (Fsp3) is 0.571. The van der Waals surface area contributed by atoms with Crippen molar-refractivity contribution in [1.82, 2.24) is 4.31 Å². The molecule has 0 N–H and O–H groups in total. The van der Waals surface area contributed by atoms with E-state index in [4.69, 9.17) is 11.6 Å². The maximum absolute atomic E-state index is 12.6. The fourth-order valence-corrected chi connectivity index (χ4v) is 4.73. The first-order valence-corrected chi connectivity index (χ1v) is 8.71. The highest BCUT2D eigenvalue weighted by Gasteiger charge is 2.32. The molecule has 1 saturated heterocycles. The van der Waals surface area contributed by atoms with E-state index < -0.39 is 10.0 Å². The Morgan fingerprint density at radius 1 is 1.37 bits per heavy atom. The molecule has 1 heterocycles. The normalized spacial score (nSPS) is 20.8. The number of hydrogen-bond acceptors (Lipinski definition) is 2. The number of alkyl halides is 1. The Morgan fingerprint density at radius 3 is 2.79 bits per heavy atom. The summed E-state index contributed by atoms with van der Waals surface area (Å²) in [5, 5.41) is 0. The van der Waals surface area contributed by atoms with E-state index in [1.807, 2.05) is 6.07 Å². The summed E-state index contributed by atoms with van der Waals surface area (Å²) in [7, 11) is -3.38. The van der Waals surface area contributed by atoms with Crippen LogP contribution in [-0.4, -0.2) is 25.8 Å². The van der Waals surface area contributed by atoms with Gasteiger partial charge in [0.2, 0.25) is 10.0 Å². The highest BCUT2D eigenvalue weighted by atomic mass is 35.5. The maximum atomic E-state index is 12.6. The SMILES string of the molecule is CCCC1CCN(S(=O)(=O)c2ccccc2CCl)C1. The Balaban J connectivity index is 2.24. The van der Waals surface area contributed by atoms with Gasteiger partial charge in [-0.3, -0.25) is 0 Å². The molecule has 1 aliphatic rings. The van der Waals surface area contributed by atoms with Crippen molar-refractivity contribution in [2.45, 2.75) is 37.0 Å². The highest BCUT2D eigenvalue weighted by Crippen LogP contribution is 2.28. The van der Waals surface area contributed by atoms with Gasteiger partial charge in [0.05, 0.1) is 4.90 Å². The van der Waals surface area contributed by atoms with Crippen molar-refractivity contribution in [2.24, 2.45) is 5.92 Å². The summed E-state index contributed by atoms with van der Waals surface area (Å²) in [6.45, 7) is 3.41. The van der Waals surface area contributed by atoms with Crippen LogP contribution in [0.1, 0.15) is 31.7 Å². The zero-order valence-corrected chi connectivity index (χ0v) is 12.8. The molecule has 0 amide bonds. The van der Waals surface area contributed by atoms with E-state index in [1.54, 1.807) is 22.5 Å². The van der Waals surface area contributed by atoms with Crippen molar-refractivity contribution >= 4 is 21.6 Å². The molecular formula is C14H20ClNO2S. The average Bonchev–Trinajstić information content (AvgIpc) is 2.88. The van der Waals surface area contributed by atoms with Crippen LogP contribution in [0.4, 0.5) is 0 Å². The molecule has 5 heteroatoms. The molecule has 106 valence electrons. The standard InChI is InChI=1S/C14H20ClNO2S/c1-2-5-12-8-9-16(11-12)19(17,18)14-7-4-3-6-13(14)10-15/h3-4,6-7,12H,2,5,8-11H2,1H3. The molecule has 1 fully saturated rings. The van der Waals surface area contributed by atoms with Crippen LogP contribution in [0.25, 0.3) is 0 Å². The van der Waals surface area contributed by atoms with Gasteiger partial charge in [-0.05, 0) is 30.4 Å². The minimum atomic E-state index is -3.38. The van der Waals surface area contributed by atoms with Crippen LogP contribution < -0.4 is 0 Å². The molecule has 0 spiro atoms. The Kier molecular flexibility index (Phi) is 4.87. The van der Waals surface area contributed by atoms with Crippen LogP contribution in [0.5, 0.6) is 0 Å². The minimum Gasteiger partial charge on any atom is -0.207 e. The lowest BCUT2D eigenvalue weighted by Crippen LogP contribution is -2.29. The maximum Gasteiger partial charge on any atom is 0.243 e. The summed E-state index contributed by atoms with van der Waals surface area (Å²) in [6.07, 6.45) is 3.18. The van der Waals surface area contributed by atoms with Gasteiger partial charge in [0, 0.05) is 19.0 Å². The summed E-state index contributed by atoms with van der Waals surface area (Å²) >= 11 is 5.84. The molecule has 19 heavy (non-hydrogen) atoms. The van der Waals surface area contributed by atoms with E-state index in [9.17, 15) is 8.42 Å². The van der Waals surface area contributed by atoms with Crippen LogP contribution in [0.3, 0.4) is 0 Å². The van der Waals surface area contributed by atoms with Crippen LogP contribution in [0, 0.1) is 5.92 Å². The van der Waals surface area contributed by atoms with Crippen LogP contribution in [0.15, 0.2) is 29.2 Å². The molecule has 0 bridgehead atoms. The van der Waals surface area contributed by atoms with Crippen molar-refractivity contribution in [3.8, 4) is 0 Å². The van der Waals surface area contributed by atoms with Gasteiger partial charge in [-0.15, -0.1) is 11.6 Å². The van der Waals surface area contributed by atoms with Crippen molar-refractivity contribution < 1.29 is 8.42 Å². The lowest BCUT2D eigenvalue weighted by atomic mass is 10.0. The summed E-state index contributed by atoms with van der Waals surface area (Å²) in [4.78, 5) is 0.363. The van der Waals surface area contributed by atoms with Crippen LogP contribution in [-0.2, 0) is 15.9 Å². The second kappa shape index (κ2) is 6.25. The van der Waals surface area contributed by atoms with Gasteiger partial charge in [0.15, 0.2) is 0 Å². The number of hydrogen-bond donors (Lipinski definition) is 0. The number of sulfonamides is 1. The van der Waals surface area contributed by atoms with Crippen LogP contribution in [0.2, 0.25) is 0 Å². The Labute approximate surface area is 120 Å². The Morgan fingerprint density at radius 2 is 2.11 bits per heavy atom. The summed E-state index contributed by atoms with van der Waals surface area (Å²) in [5.74, 6) is 0.727. The molecule has 0 radical (unpaired) electrons. The second-order valence-corrected chi connectivity index (χ2v) is 7.22. The third-order valence-corrected chi connectivity index (χ3v) is 5.93. The smallest absolute Gasteiger partial charge is 0.207 e. The molecule has 0 saturated carbocycles. The number of nitrogens with zero attached hydrogens (tertiary/aromatic N) is 1. The molecule has 2 rings (SSSR count). The number of benzene rings is 1. The lowest BCUT2D eigenvalue weighted by molar-refractivity contribution is 0.444. The van der Waals surface area contributed by atoms with Gasteiger partial charge in [0.25, 0.3) is 0 Å². The molecule has 1 aromatic carbocycles. The van der Waals surface area contributed by atoms with Crippen molar-refractivity contribution in [1.29, 1.82) is 0 Å². The van der Waals surface area contributed by atoms with E-state index in [-0.39, 0.29) is 5.88 Å². The molecule has 3 nitrogen and oxygen atoms in total. The molecular weight excluding hydrogens is 282 g/mol. The summed E-state index contributed by atoms with van der Waals surface area (Å²) < 4.78 is 26.9. The van der Waals surface area contributed by atoms with Crippen LogP contribution >= 0.6 is 11.6 Å². The third-order valence-electron chi connectivity index (χ3n) is 3.68. The van der Waals surface area contributed by atoms with E-state index in [1.165, 1.54) is 0 Å². The van der Waals surface area contributed by atoms with Gasteiger partial charge < -0.3 is 0 Å². The van der Waals surface area contributed by atoms with Crippen molar-refractivity contribution in [3.63, 3.8) is 0 Å². The molecule has 1 aromatic rings. The molecule has 1 aliphatic heterocycles. The zero-order valence-electron chi connectivity index (χ0n) is 11.2. The van der Waals surface area contributed by atoms with E-state index >= 15 is 0 Å². The first kappa shape index (κ1) is 14.8. The monoisotopic (exact) mass is 301 g/mol. The average molecular weight is 302 g/mol. The topological polar surface area (TPSA) is 37.4 Å². The molecule has 1 atom stereocenters. The zero-order chi connectivity index (χ0) is 13.9. The van der Waals surface area contributed by atoms with E-state index in [0.29, 0.717) is 29.5 Å². The second-order valence-electron chi connectivity index (χ2n) is 5.05. The van der Waals surface area contributed by atoms with Gasteiger partial charge in [-0.25, -0.2) is 8.42 Å². The Hall–Kier alpha value is -0.580. The van der Waals surface area contributed by atoms with Gasteiger partial charge >= 0.3 is 0 Å². The van der Waals surface area contributed by atoms with Gasteiger partial charge in [-0.2, -0.15) is 4.31 Å².